The van der Waals surface area contributed by atoms with E-state index in [1.807, 2.05) is 21.1 Å². The normalized spacial score (nSPS) is 13.3. The Kier molecular flexibility index (Phi) is 82.3. The van der Waals surface area contributed by atoms with Gasteiger partial charge in [-0.25, -0.2) is 4.79 Å². The van der Waals surface area contributed by atoms with Gasteiger partial charge in [0.05, 0.1) is 34.4 Å². The highest BCUT2D eigenvalue weighted by atomic mass is 16.7. The summed E-state index contributed by atoms with van der Waals surface area (Å²) < 4.78 is 23.1. The number of hydrogen-bond donors (Lipinski definition) is 1. The maximum Gasteiger partial charge on any atom is 0.361 e. The number of quaternary nitrogens is 1. The number of unbranched alkanes of at least 4 members (excludes halogenated alkanes) is 46. The van der Waals surface area contributed by atoms with Crippen molar-refractivity contribution in [2.45, 2.75) is 418 Å². The molecule has 1 N–H and O–H groups in total. The molecule has 0 spiro atoms. The number of ether oxygens (including phenoxy) is 4. The van der Waals surface area contributed by atoms with E-state index in [4.69, 9.17) is 18.9 Å². The summed E-state index contributed by atoms with van der Waals surface area (Å²) in [5, 5.41) is 9.79. The number of aliphatic carboxylic acids is 1. The minimum Gasteiger partial charge on any atom is -0.477 e. The number of esters is 2. The van der Waals surface area contributed by atoms with Gasteiger partial charge in [0, 0.05) is 12.8 Å². The van der Waals surface area contributed by atoms with Crippen molar-refractivity contribution in [3.8, 4) is 0 Å². The molecule has 2 unspecified atom stereocenters. The summed E-state index contributed by atoms with van der Waals surface area (Å²) in [5.41, 5.74) is 0. The second kappa shape index (κ2) is 86.0. The number of likely N-dealkylation sites (N-methyl/N-ethyl adjacent to an activating group) is 1. The first-order chi connectivity index (χ1) is 52.1. The second-order valence-corrected chi connectivity index (χ2v) is 31.2. The average molecular weight is 1480 g/mol. The van der Waals surface area contributed by atoms with E-state index in [1.54, 1.807) is 0 Å². The molecule has 9 heteroatoms. The van der Waals surface area contributed by atoms with Crippen LogP contribution in [0.3, 0.4) is 0 Å². The molecule has 0 bridgehead atoms. The molecule has 0 rings (SSSR count). The van der Waals surface area contributed by atoms with Crippen molar-refractivity contribution < 1.29 is 42.9 Å². The Balaban J connectivity index is 4.02. The molecule has 0 aliphatic rings. The van der Waals surface area contributed by atoms with Crippen molar-refractivity contribution >= 4 is 17.9 Å². The molecule has 0 saturated carbocycles. The summed E-state index contributed by atoms with van der Waals surface area (Å²) >= 11 is 0. The predicted molar refractivity (Wildman–Crippen MR) is 461 cm³/mol. The SMILES string of the molecule is CC/C=C\C/C=C\C/C=C\C/C=C\C/C=C\C/C=C\C/C=C\C/C=C\C/C=C\C/C=C\C/C=C\CCCCCCCCCC(=O)OC(COC(=O)CCCCCCCCCCCCCCCCCCCCCCCCCCCCCCCCCCCCCCCCCC)COC(OCC[N+](C)(C)C)C(=O)O. The molecule has 0 saturated heterocycles. The van der Waals surface area contributed by atoms with E-state index in [1.165, 1.54) is 257 Å². The Morgan fingerprint density at radius 2 is 0.538 bits per heavy atom. The molecule has 0 aliphatic carbocycles. The van der Waals surface area contributed by atoms with Crippen molar-refractivity contribution in [3.05, 3.63) is 134 Å². The van der Waals surface area contributed by atoms with Gasteiger partial charge in [0.1, 0.15) is 13.2 Å². The topological polar surface area (TPSA) is 108 Å². The zero-order chi connectivity index (χ0) is 76.7. The van der Waals surface area contributed by atoms with Gasteiger partial charge in [-0.2, -0.15) is 0 Å². The second-order valence-electron chi connectivity index (χ2n) is 31.2. The third kappa shape index (κ3) is 86.7. The van der Waals surface area contributed by atoms with Crippen LogP contribution >= 0.6 is 0 Å². The Labute approximate surface area is 656 Å². The number of rotatable bonds is 83. The maximum absolute atomic E-state index is 13.0. The monoisotopic (exact) mass is 1480 g/mol. The Morgan fingerprint density at radius 3 is 0.802 bits per heavy atom. The highest BCUT2D eigenvalue weighted by Gasteiger charge is 2.25. The van der Waals surface area contributed by atoms with Crippen LogP contribution in [-0.2, 0) is 33.3 Å². The van der Waals surface area contributed by atoms with Gasteiger partial charge < -0.3 is 28.5 Å². The van der Waals surface area contributed by atoms with Crippen LogP contribution in [0.2, 0.25) is 0 Å². The molecule has 610 valence electrons. The number of hydrogen-bond acceptors (Lipinski definition) is 7. The van der Waals surface area contributed by atoms with Gasteiger partial charge in [-0.3, -0.25) is 9.59 Å². The van der Waals surface area contributed by atoms with Crippen LogP contribution < -0.4 is 0 Å². The molecule has 2 atom stereocenters. The molecular formula is C97H170NO8+. The molecule has 0 aromatic carbocycles. The number of carbonyl (C=O) groups is 3. The van der Waals surface area contributed by atoms with Crippen molar-refractivity contribution in [1.82, 2.24) is 0 Å². The van der Waals surface area contributed by atoms with E-state index in [9.17, 15) is 19.5 Å². The first-order valence-electron chi connectivity index (χ1n) is 44.8. The van der Waals surface area contributed by atoms with Crippen molar-refractivity contribution in [1.29, 1.82) is 0 Å². The third-order valence-electron chi connectivity index (χ3n) is 19.7. The van der Waals surface area contributed by atoms with Crippen LogP contribution in [0.1, 0.15) is 406 Å². The van der Waals surface area contributed by atoms with Crippen LogP contribution in [0.4, 0.5) is 0 Å². The highest BCUT2D eigenvalue weighted by molar-refractivity contribution is 5.71. The van der Waals surface area contributed by atoms with Crippen LogP contribution in [-0.4, -0.2) is 87.4 Å². The fraction of sp³-hybridized carbons (Fsp3) is 0.742. The van der Waals surface area contributed by atoms with Gasteiger partial charge in [0.2, 0.25) is 0 Å². The zero-order valence-corrected chi connectivity index (χ0v) is 70.1. The molecule has 0 aliphatic heterocycles. The minimum absolute atomic E-state index is 0.181. The van der Waals surface area contributed by atoms with E-state index >= 15 is 0 Å². The quantitative estimate of drug-likeness (QED) is 0.0211. The molecular weight excluding hydrogens is 1310 g/mol. The van der Waals surface area contributed by atoms with E-state index in [0.717, 1.165) is 116 Å². The van der Waals surface area contributed by atoms with Gasteiger partial charge >= 0.3 is 17.9 Å². The Morgan fingerprint density at radius 1 is 0.292 bits per heavy atom. The smallest absolute Gasteiger partial charge is 0.361 e. The van der Waals surface area contributed by atoms with Gasteiger partial charge in [0.15, 0.2) is 6.10 Å². The molecule has 0 amide bonds. The Hall–Kier alpha value is -4.57. The lowest BCUT2D eigenvalue weighted by Crippen LogP contribution is -2.40. The highest BCUT2D eigenvalue weighted by Crippen LogP contribution is 2.20. The van der Waals surface area contributed by atoms with Crippen LogP contribution in [0.5, 0.6) is 0 Å². The number of carboxylic acids is 1. The fourth-order valence-electron chi connectivity index (χ4n) is 12.9. The lowest BCUT2D eigenvalue weighted by atomic mass is 10.0. The molecule has 106 heavy (non-hydrogen) atoms. The number of nitrogens with zero attached hydrogens (tertiary/aromatic N) is 1. The number of carboxylic acid groups (broad SMARTS) is 1. The standard InChI is InChI=1S/C97H169NO8/c1-6-8-10-12-14-16-18-20-22-24-26-28-30-32-34-36-38-40-42-44-46-48-50-52-54-56-58-60-62-64-66-68-70-72-74-76-78-80-82-84-86-88-95(100)106-93(92-105-97(96(101)102)103-90-89-98(3,4)5)91-104-94(99)87-85-83-81-79-77-75-73-71-69-67-65-63-61-59-57-55-53-51-49-47-45-43-41-39-37-35-33-31-29-27-25-23-21-19-17-15-13-11-9-7-2/h8,10,14,16,20,22,26,28,32,34,38,40,44,46,50,52,56,58,62,64,68,70,93,97H,6-7,9,11-13,15,17-19,21,23-25,27,29-31,33,35-37,39,41-43,45,47-49,51,53-55,57,59-61,63,65-67,69,71-92H2,1-5H3/p+1/b10-8-,16-14-,22-20-,28-26-,34-32-,40-38-,46-44-,52-50-,58-56-,64-62-,70-68-. The summed E-state index contributed by atoms with van der Waals surface area (Å²) in [4.78, 5) is 37.8. The van der Waals surface area contributed by atoms with Crippen LogP contribution in [0, 0.1) is 0 Å². The number of allylic oxidation sites excluding steroid dienone is 22. The predicted octanol–water partition coefficient (Wildman–Crippen LogP) is 29.5. The van der Waals surface area contributed by atoms with Crippen molar-refractivity contribution in [2.75, 3.05) is 47.5 Å². The van der Waals surface area contributed by atoms with E-state index in [2.05, 4.69) is 148 Å². The Bertz CT molecular complexity index is 2220. The van der Waals surface area contributed by atoms with E-state index in [0.29, 0.717) is 23.9 Å². The molecule has 0 heterocycles. The zero-order valence-electron chi connectivity index (χ0n) is 70.1. The lowest BCUT2D eigenvalue weighted by Gasteiger charge is -2.25. The molecule has 0 aromatic heterocycles. The molecule has 0 aromatic rings. The van der Waals surface area contributed by atoms with Gasteiger partial charge in [-0.15, -0.1) is 0 Å². The summed E-state index contributed by atoms with van der Waals surface area (Å²) in [6.45, 7) is 4.79. The molecule has 0 radical (unpaired) electrons. The number of carbonyl (C=O) groups excluding carboxylic acids is 2. The minimum atomic E-state index is -1.52. The van der Waals surface area contributed by atoms with Crippen LogP contribution in [0.15, 0.2) is 134 Å². The van der Waals surface area contributed by atoms with Crippen LogP contribution in [0.25, 0.3) is 0 Å². The summed E-state index contributed by atoms with van der Waals surface area (Å²) in [6, 6.07) is 0. The molecule has 0 fully saturated rings. The molecule has 9 nitrogen and oxygen atoms in total. The fourth-order valence-corrected chi connectivity index (χ4v) is 12.9. The average Bonchev–Trinajstić information content (AvgIpc) is 0.935. The summed E-state index contributed by atoms with van der Waals surface area (Å²) in [7, 11) is 5.98. The van der Waals surface area contributed by atoms with Gasteiger partial charge in [0.25, 0.3) is 6.29 Å². The largest absolute Gasteiger partial charge is 0.477 e. The summed E-state index contributed by atoms with van der Waals surface area (Å²) in [5.74, 6) is -2.01. The first kappa shape index (κ1) is 101. The first-order valence-corrected chi connectivity index (χ1v) is 44.8. The lowest BCUT2D eigenvalue weighted by molar-refractivity contribution is -0.870. The van der Waals surface area contributed by atoms with Gasteiger partial charge in [-0.05, 0) is 96.3 Å². The third-order valence-corrected chi connectivity index (χ3v) is 19.7. The maximum atomic E-state index is 13.0. The van der Waals surface area contributed by atoms with E-state index < -0.39 is 24.3 Å². The van der Waals surface area contributed by atoms with E-state index in [-0.39, 0.29) is 32.2 Å². The van der Waals surface area contributed by atoms with Crippen molar-refractivity contribution in [3.63, 3.8) is 0 Å². The van der Waals surface area contributed by atoms with Crippen molar-refractivity contribution in [2.24, 2.45) is 0 Å². The van der Waals surface area contributed by atoms with Gasteiger partial charge in [-0.1, -0.05) is 430 Å². The summed E-state index contributed by atoms with van der Waals surface area (Å²) in [6.07, 6.45) is 122.